The highest BCUT2D eigenvalue weighted by Gasteiger charge is 2.33. The van der Waals surface area contributed by atoms with E-state index in [4.69, 9.17) is 4.74 Å². The third-order valence-corrected chi connectivity index (χ3v) is 5.67. The number of imidazole rings is 1. The number of carbonyl (C=O) groups is 4. The van der Waals surface area contributed by atoms with Gasteiger partial charge in [-0.15, -0.1) is 0 Å². The first-order chi connectivity index (χ1) is 17.4. The molecule has 2 rings (SSSR count). The van der Waals surface area contributed by atoms with E-state index in [0.29, 0.717) is 12.1 Å². The molecule has 202 valence electrons. The number of rotatable bonds is 12. The number of carbonyl (C=O) groups excluding carboxylic acids is 3. The number of alkyl carbamates (subject to hydrolysis) is 1. The van der Waals surface area contributed by atoms with Crippen molar-refractivity contribution in [2.24, 2.45) is 5.92 Å². The molecule has 0 saturated carbocycles. The van der Waals surface area contributed by atoms with Gasteiger partial charge in [0.2, 0.25) is 11.8 Å². The van der Waals surface area contributed by atoms with Gasteiger partial charge in [0.15, 0.2) is 0 Å². The minimum Gasteiger partial charge on any atom is -0.480 e. The Kier molecular flexibility index (Phi) is 10.6. The molecular weight excluding hydrogens is 478 g/mol. The Morgan fingerprint density at radius 2 is 1.68 bits per heavy atom. The molecule has 0 aliphatic carbocycles. The Morgan fingerprint density at radius 3 is 2.22 bits per heavy atom. The number of carboxylic acid groups (broad SMARTS) is 1. The van der Waals surface area contributed by atoms with Crippen LogP contribution in [-0.2, 0) is 32.0 Å². The summed E-state index contributed by atoms with van der Waals surface area (Å²) in [6.07, 6.45) is 2.88. The molecule has 0 radical (unpaired) electrons. The van der Waals surface area contributed by atoms with E-state index >= 15 is 0 Å². The molecule has 3 amide bonds. The predicted octanol–water partition coefficient (Wildman–Crippen LogP) is 2.19. The van der Waals surface area contributed by atoms with E-state index in [0.717, 1.165) is 5.56 Å². The summed E-state index contributed by atoms with van der Waals surface area (Å²) < 4.78 is 5.32. The minimum absolute atomic E-state index is 0.0252. The van der Waals surface area contributed by atoms with Gasteiger partial charge in [0.25, 0.3) is 0 Å². The summed E-state index contributed by atoms with van der Waals surface area (Å²) in [5.41, 5.74) is 0.506. The summed E-state index contributed by atoms with van der Waals surface area (Å²) in [6.45, 7) is 8.77. The van der Waals surface area contributed by atoms with Gasteiger partial charge >= 0.3 is 12.1 Å². The number of H-pyrrole nitrogens is 1. The molecule has 0 aliphatic heterocycles. The van der Waals surface area contributed by atoms with E-state index in [2.05, 4.69) is 25.9 Å². The van der Waals surface area contributed by atoms with Crippen molar-refractivity contribution < 1.29 is 29.0 Å². The van der Waals surface area contributed by atoms with Crippen LogP contribution in [0.1, 0.15) is 52.3 Å². The van der Waals surface area contributed by atoms with Crippen molar-refractivity contribution in [3.8, 4) is 0 Å². The number of aromatic amines is 1. The molecule has 0 spiro atoms. The van der Waals surface area contributed by atoms with Crippen LogP contribution in [-0.4, -0.2) is 62.7 Å². The van der Waals surface area contributed by atoms with Gasteiger partial charge in [0.05, 0.1) is 12.0 Å². The highest BCUT2D eigenvalue weighted by Crippen LogP contribution is 2.12. The molecule has 37 heavy (non-hydrogen) atoms. The van der Waals surface area contributed by atoms with Crippen LogP contribution in [0.25, 0.3) is 0 Å². The number of benzene rings is 1. The number of nitrogens with zero attached hydrogens (tertiary/aromatic N) is 1. The van der Waals surface area contributed by atoms with E-state index in [-0.39, 0.29) is 18.8 Å². The van der Waals surface area contributed by atoms with Crippen molar-refractivity contribution >= 4 is 23.9 Å². The second kappa shape index (κ2) is 13.4. The van der Waals surface area contributed by atoms with Crippen LogP contribution in [0.3, 0.4) is 0 Å². The maximum absolute atomic E-state index is 13.4. The van der Waals surface area contributed by atoms with Gasteiger partial charge in [-0.25, -0.2) is 14.6 Å². The summed E-state index contributed by atoms with van der Waals surface area (Å²) in [7, 11) is 0. The quantitative estimate of drug-likeness (QED) is 0.289. The molecule has 0 unspecified atom stereocenters. The van der Waals surface area contributed by atoms with E-state index in [1.807, 2.05) is 37.3 Å². The lowest BCUT2D eigenvalue weighted by molar-refractivity contribution is -0.142. The average Bonchev–Trinajstić information content (AvgIpc) is 3.33. The Hall–Kier alpha value is -3.89. The van der Waals surface area contributed by atoms with Gasteiger partial charge in [-0.1, -0.05) is 50.6 Å². The van der Waals surface area contributed by atoms with Gasteiger partial charge < -0.3 is 30.8 Å². The second-order valence-corrected chi connectivity index (χ2v) is 9.92. The molecule has 5 N–H and O–H groups in total. The number of hydrogen-bond donors (Lipinski definition) is 5. The maximum Gasteiger partial charge on any atom is 0.408 e. The lowest BCUT2D eigenvalue weighted by Gasteiger charge is -2.28. The zero-order chi connectivity index (χ0) is 27.6. The summed E-state index contributed by atoms with van der Waals surface area (Å²) in [5, 5.41) is 17.5. The van der Waals surface area contributed by atoms with E-state index in [1.54, 1.807) is 33.9 Å². The first-order valence-electron chi connectivity index (χ1n) is 12.2. The van der Waals surface area contributed by atoms with Crippen LogP contribution in [0.2, 0.25) is 0 Å². The molecule has 0 aliphatic rings. The van der Waals surface area contributed by atoms with Crippen molar-refractivity contribution in [3.63, 3.8) is 0 Å². The Bertz CT molecular complexity index is 1040. The zero-order valence-corrected chi connectivity index (χ0v) is 21.9. The SMILES string of the molecule is CC[C@H](C)[C@H](NC(=O)[C@H](Cc1ccccc1)NC(=O)OC(C)(C)C)C(=O)N[C@@H](Cc1c[nH]cn1)C(=O)O. The van der Waals surface area contributed by atoms with Gasteiger partial charge in [-0.05, 0) is 32.3 Å². The third kappa shape index (κ3) is 9.94. The summed E-state index contributed by atoms with van der Waals surface area (Å²) in [4.78, 5) is 57.6. The van der Waals surface area contributed by atoms with Gasteiger partial charge in [0, 0.05) is 19.0 Å². The van der Waals surface area contributed by atoms with Gasteiger partial charge in [0.1, 0.15) is 23.7 Å². The summed E-state index contributed by atoms with van der Waals surface area (Å²) in [5.74, 6) is -2.77. The largest absolute Gasteiger partial charge is 0.480 e. The van der Waals surface area contributed by atoms with Crippen LogP contribution in [0.4, 0.5) is 4.79 Å². The Morgan fingerprint density at radius 1 is 1.00 bits per heavy atom. The number of aromatic nitrogens is 2. The predicted molar refractivity (Wildman–Crippen MR) is 137 cm³/mol. The van der Waals surface area contributed by atoms with E-state index in [9.17, 15) is 24.3 Å². The zero-order valence-electron chi connectivity index (χ0n) is 21.9. The molecule has 11 heteroatoms. The highest BCUT2D eigenvalue weighted by atomic mass is 16.6. The topological polar surface area (TPSA) is 163 Å². The van der Waals surface area contributed by atoms with E-state index < -0.39 is 47.6 Å². The third-order valence-electron chi connectivity index (χ3n) is 5.67. The molecule has 2 aromatic rings. The molecule has 0 bridgehead atoms. The highest BCUT2D eigenvalue weighted by molar-refractivity contribution is 5.93. The number of nitrogens with one attached hydrogen (secondary N) is 4. The molecule has 11 nitrogen and oxygen atoms in total. The van der Waals surface area contributed by atoms with Crippen molar-refractivity contribution in [2.45, 2.75) is 77.6 Å². The fourth-order valence-corrected chi connectivity index (χ4v) is 3.54. The molecule has 0 fully saturated rings. The van der Waals surface area contributed by atoms with Gasteiger partial charge in [-0.3, -0.25) is 9.59 Å². The molecule has 1 aromatic carbocycles. The van der Waals surface area contributed by atoms with E-state index in [1.165, 1.54) is 6.33 Å². The number of hydrogen-bond acceptors (Lipinski definition) is 6. The first-order valence-corrected chi connectivity index (χ1v) is 12.2. The Balaban J connectivity index is 2.21. The minimum atomic E-state index is -1.24. The van der Waals surface area contributed by atoms with Crippen LogP contribution in [0.5, 0.6) is 0 Å². The average molecular weight is 516 g/mol. The smallest absolute Gasteiger partial charge is 0.408 e. The fourth-order valence-electron chi connectivity index (χ4n) is 3.54. The summed E-state index contributed by atoms with van der Waals surface area (Å²) >= 11 is 0. The number of carboxylic acids is 1. The van der Waals surface area contributed by atoms with Crippen molar-refractivity contribution in [2.75, 3.05) is 0 Å². The number of aliphatic carboxylic acids is 1. The molecule has 1 heterocycles. The van der Waals surface area contributed by atoms with Crippen molar-refractivity contribution in [3.05, 3.63) is 54.1 Å². The molecule has 0 saturated heterocycles. The number of ether oxygens (including phenoxy) is 1. The van der Waals surface area contributed by atoms with Crippen LogP contribution < -0.4 is 16.0 Å². The van der Waals surface area contributed by atoms with Crippen LogP contribution >= 0.6 is 0 Å². The van der Waals surface area contributed by atoms with Crippen LogP contribution in [0, 0.1) is 5.92 Å². The molecular formula is C26H37N5O6. The lowest BCUT2D eigenvalue weighted by Crippen LogP contribution is -2.58. The van der Waals surface area contributed by atoms with Crippen molar-refractivity contribution in [1.29, 1.82) is 0 Å². The normalized spacial score (nSPS) is 14.5. The van der Waals surface area contributed by atoms with Crippen molar-refractivity contribution in [1.82, 2.24) is 25.9 Å². The first kappa shape index (κ1) is 29.3. The van der Waals surface area contributed by atoms with Crippen LogP contribution in [0.15, 0.2) is 42.9 Å². The lowest BCUT2D eigenvalue weighted by atomic mass is 9.96. The fraction of sp³-hybridized carbons (Fsp3) is 0.500. The standard InChI is InChI=1S/C26H37N5O6/c1-6-16(2)21(23(33)29-20(24(34)35)13-18-14-27-15-28-18)31-22(32)19(12-17-10-8-7-9-11-17)30-25(36)37-26(3,4)5/h7-11,14-16,19-21H,6,12-13H2,1-5H3,(H,27,28)(H,29,33)(H,30,36)(H,31,32)(H,34,35)/t16-,19-,20-,21-/m0/s1. The monoisotopic (exact) mass is 515 g/mol. The molecule has 1 aromatic heterocycles. The maximum atomic E-state index is 13.4. The molecule has 4 atom stereocenters. The number of amides is 3. The second-order valence-electron chi connectivity index (χ2n) is 9.92. The van der Waals surface area contributed by atoms with Gasteiger partial charge in [-0.2, -0.15) is 0 Å². The Labute approximate surface area is 216 Å². The summed E-state index contributed by atoms with van der Waals surface area (Å²) in [6, 6.07) is 5.82.